The number of benzene rings is 4. The second-order valence-electron chi connectivity index (χ2n) is 24.1. The summed E-state index contributed by atoms with van der Waals surface area (Å²) in [5, 5.41) is 24.1. The Morgan fingerprint density at radius 3 is 1.84 bits per heavy atom. The number of halogens is 2. The molecule has 1 unspecified atom stereocenters. The molecule has 0 bridgehead atoms. The number of hydrogen-bond donors (Lipinski definition) is 0. The average Bonchev–Trinajstić information content (AvgIpc) is 1.05. The van der Waals surface area contributed by atoms with Crippen molar-refractivity contribution in [1.82, 2.24) is 39.5 Å². The molecule has 6 aliphatic rings. The predicted octanol–water partition coefficient (Wildman–Crippen LogP) is 7.67. The van der Waals surface area contributed by atoms with Gasteiger partial charge in [-0.3, -0.25) is 19.3 Å². The summed E-state index contributed by atoms with van der Waals surface area (Å²) >= 11 is 0. The number of nitriles is 2. The zero-order valence-corrected chi connectivity index (χ0v) is 50.6. The number of carbonyl (C=O) groups is 3. The smallest absolute Gasteiger partial charge is 0.318 e. The van der Waals surface area contributed by atoms with E-state index >= 15 is 0 Å². The molecule has 3 amide bonds. The summed E-state index contributed by atoms with van der Waals surface area (Å²) in [6.07, 6.45) is 2.43. The van der Waals surface area contributed by atoms with Crippen LogP contribution in [0.25, 0.3) is 21.5 Å². The highest BCUT2D eigenvalue weighted by Gasteiger charge is 2.38. The van der Waals surface area contributed by atoms with Gasteiger partial charge in [0.15, 0.2) is 11.7 Å². The minimum absolute atomic E-state index is 0.00323. The van der Waals surface area contributed by atoms with Crippen molar-refractivity contribution in [3.05, 3.63) is 131 Å². The van der Waals surface area contributed by atoms with Crippen LogP contribution < -0.4 is 29.1 Å². The van der Waals surface area contributed by atoms with Crippen LogP contribution in [-0.4, -0.2) is 174 Å². The lowest BCUT2D eigenvalue weighted by atomic mass is 9.97. The van der Waals surface area contributed by atoms with Crippen LogP contribution in [0.3, 0.4) is 0 Å². The topological polar surface area (TPSA) is 204 Å². The van der Waals surface area contributed by atoms with Crippen LogP contribution in [0.2, 0.25) is 0 Å². The Balaban J connectivity index is 0.788. The van der Waals surface area contributed by atoms with Crippen LogP contribution in [0.1, 0.15) is 64.9 Å². The molecule has 12 rings (SSSR count). The number of aromatic nitrogens is 4. The van der Waals surface area contributed by atoms with Crippen molar-refractivity contribution in [3.8, 4) is 24.2 Å². The van der Waals surface area contributed by atoms with Gasteiger partial charge in [-0.25, -0.2) is 8.78 Å². The van der Waals surface area contributed by atoms with Gasteiger partial charge in [-0.05, 0) is 78.8 Å². The Bertz CT molecular complexity index is 3820. The fraction of sp³-hybridized carbons (Fsp3) is 0.448. The zero-order valence-electron chi connectivity index (χ0n) is 50.6. The molecular weight excluding hydrogens is 1130 g/mol. The van der Waals surface area contributed by atoms with Crippen molar-refractivity contribution in [2.75, 3.05) is 125 Å². The second-order valence-corrected chi connectivity index (χ2v) is 24.1. The zero-order chi connectivity index (χ0) is 61.9. The summed E-state index contributed by atoms with van der Waals surface area (Å²) in [4.78, 5) is 76.1. The number of likely N-dealkylation sites (tertiary alicyclic amines) is 1. The van der Waals surface area contributed by atoms with Crippen LogP contribution in [0, 0.1) is 42.4 Å². The molecule has 0 spiro atoms. The minimum atomic E-state index is -1.06. The van der Waals surface area contributed by atoms with Gasteiger partial charge in [-0.15, -0.1) is 0 Å². The van der Waals surface area contributed by atoms with E-state index in [4.69, 9.17) is 34.1 Å². The number of carbonyl (C=O) groups excluding carboxylic acids is 3. The maximum Gasteiger partial charge on any atom is 0.318 e. The number of anilines is 4. The van der Waals surface area contributed by atoms with Gasteiger partial charge < -0.3 is 48.5 Å². The molecule has 22 heteroatoms. The molecule has 4 saturated heterocycles. The molecule has 20 nitrogen and oxygen atoms in total. The lowest BCUT2D eigenvalue weighted by molar-refractivity contribution is -0.132. The number of fused-ring (bicyclic) bond motifs is 4. The Labute approximate surface area is 517 Å². The number of rotatable bonds is 17. The number of ether oxygens (including phenoxy) is 3. The van der Waals surface area contributed by atoms with Gasteiger partial charge in [0.2, 0.25) is 5.91 Å². The molecule has 0 saturated carbocycles. The summed E-state index contributed by atoms with van der Waals surface area (Å²) < 4.78 is 47.2. The number of amides is 3. The van der Waals surface area contributed by atoms with Crippen molar-refractivity contribution in [2.45, 2.75) is 84.1 Å². The third-order valence-electron chi connectivity index (χ3n) is 18.3. The predicted molar refractivity (Wildman–Crippen MR) is 334 cm³/mol. The summed E-state index contributed by atoms with van der Waals surface area (Å²) in [6, 6.07) is 26.9. The molecular formula is C67H74F2N14O6. The van der Waals surface area contributed by atoms with Gasteiger partial charge in [0.05, 0.1) is 74.8 Å². The van der Waals surface area contributed by atoms with Crippen molar-refractivity contribution in [2.24, 2.45) is 5.92 Å². The Kier molecular flexibility index (Phi) is 17.9. The van der Waals surface area contributed by atoms with E-state index in [0.717, 1.165) is 87.3 Å². The quantitative estimate of drug-likeness (QED) is 0.0804. The molecule has 8 heterocycles. The van der Waals surface area contributed by atoms with Gasteiger partial charge >= 0.3 is 12.0 Å². The average molecular weight is 1210 g/mol. The highest BCUT2D eigenvalue weighted by molar-refractivity contribution is 5.99. The highest BCUT2D eigenvalue weighted by Crippen LogP contribution is 2.40. The van der Waals surface area contributed by atoms with Crippen molar-refractivity contribution < 1.29 is 37.4 Å². The maximum absolute atomic E-state index is 14.3. The van der Waals surface area contributed by atoms with Crippen LogP contribution in [0.15, 0.2) is 91.5 Å². The molecule has 89 heavy (non-hydrogen) atoms. The molecule has 0 radical (unpaired) electrons. The van der Waals surface area contributed by atoms with E-state index in [1.165, 1.54) is 20.7 Å². The lowest BCUT2D eigenvalue weighted by Crippen LogP contribution is -2.55. The summed E-state index contributed by atoms with van der Waals surface area (Å²) in [5.41, 5.74) is 8.88. The molecule has 0 aliphatic carbocycles. The van der Waals surface area contributed by atoms with Crippen LogP contribution in [0.5, 0.6) is 12.0 Å². The highest BCUT2D eigenvalue weighted by atomic mass is 19.1. The third-order valence-corrected chi connectivity index (χ3v) is 18.3. The number of hydrogen-bond acceptors (Lipinski definition) is 17. The first-order valence-electron chi connectivity index (χ1n) is 30.9. The van der Waals surface area contributed by atoms with Gasteiger partial charge in [0.25, 0.3) is 11.8 Å². The van der Waals surface area contributed by atoms with E-state index in [-0.39, 0.29) is 75.9 Å². The van der Waals surface area contributed by atoms with Crippen molar-refractivity contribution >= 4 is 62.3 Å². The molecule has 4 aromatic carbocycles. The van der Waals surface area contributed by atoms with Crippen LogP contribution >= 0.6 is 0 Å². The number of piperazine rings is 2. The summed E-state index contributed by atoms with van der Waals surface area (Å²) in [7, 11) is 0. The molecule has 462 valence electrons. The standard InChI is InChI=1S/C67H74F2N14O6/c1-43-9-5-11-49-12-7-14-57(60(43)49)77-22-17-53-55(40-77)73-67(75-63(53)80-25-27-83(65(86)46(4)69)52(39-80)16-20-71)89-42-48-35-59(84)81(37-48)36-47-33-50-13-6-10-44(2)61(50)58(34-47)78-23-18-54-56(41-78)72-66(88-32-29-76-21-8-30-87-31-28-76)74-62(54)79-24-26-82(64(85)45(3)68)51(38-79)15-19-70/h5-7,9-14,33-34,48,51-52H,3-4,8,15-18,21-32,35-42H2,1-2H3/t48?,51-,52-/m0/s1. The van der Waals surface area contributed by atoms with Crippen molar-refractivity contribution in [3.63, 3.8) is 0 Å². The monoisotopic (exact) mass is 1210 g/mol. The van der Waals surface area contributed by atoms with E-state index in [9.17, 15) is 33.7 Å². The summed E-state index contributed by atoms with van der Waals surface area (Å²) in [6.45, 7) is 19.7. The van der Waals surface area contributed by atoms with E-state index in [1.54, 1.807) is 0 Å². The first-order chi connectivity index (χ1) is 43.2. The third kappa shape index (κ3) is 12.8. The van der Waals surface area contributed by atoms with Gasteiger partial charge in [-0.1, -0.05) is 61.7 Å². The molecule has 2 aromatic heterocycles. The SMILES string of the molecule is C=C(F)C(=O)N1CCN(c2nc(OCCN3CCCOCC3)nc3c2CCN(c2cc(CN4CC(COc5nc6c(c(N7CCN(C(=O)C(=C)F)[C@@H](CC#N)C7)n5)CCN(c5cccc7cccc(C)c57)C6)CC4=O)cc4cccc(C)c24)C3)C[C@@H]1CC#N. The molecule has 4 fully saturated rings. The fourth-order valence-corrected chi connectivity index (χ4v) is 13.9. The molecule has 6 aromatic rings. The number of nitrogens with zero attached hydrogens (tertiary/aromatic N) is 14. The fourth-order valence-electron chi connectivity index (χ4n) is 13.9. The normalized spacial score (nSPS) is 19.8. The minimum Gasteiger partial charge on any atom is -0.463 e. The van der Waals surface area contributed by atoms with E-state index in [2.05, 4.69) is 130 Å². The van der Waals surface area contributed by atoms with Gasteiger partial charge in [-0.2, -0.15) is 30.5 Å². The Morgan fingerprint density at radius 1 is 0.663 bits per heavy atom. The molecule has 3 atom stereocenters. The van der Waals surface area contributed by atoms with Gasteiger partial charge in [0, 0.05) is 137 Å². The Morgan fingerprint density at radius 2 is 1.24 bits per heavy atom. The molecule has 0 N–H and O–H groups in total. The van der Waals surface area contributed by atoms with Crippen LogP contribution in [-0.2, 0) is 51.6 Å². The summed E-state index contributed by atoms with van der Waals surface area (Å²) in [5.74, 6) is -2.57. The van der Waals surface area contributed by atoms with E-state index < -0.39 is 35.6 Å². The first kappa shape index (κ1) is 60.3. The van der Waals surface area contributed by atoms with Crippen LogP contribution in [0.4, 0.5) is 31.8 Å². The van der Waals surface area contributed by atoms with Gasteiger partial charge in [0.1, 0.15) is 18.2 Å². The van der Waals surface area contributed by atoms with Crippen molar-refractivity contribution in [1.29, 1.82) is 10.5 Å². The number of aryl methyl sites for hydroxylation is 2. The lowest BCUT2D eigenvalue weighted by Gasteiger charge is -2.42. The van der Waals surface area contributed by atoms with E-state index in [0.29, 0.717) is 96.6 Å². The largest absolute Gasteiger partial charge is 0.463 e. The Hall–Kier alpha value is -8.99. The second kappa shape index (κ2) is 26.4. The molecule has 6 aliphatic heterocycles. The van der Waals surface area contributed by atoms with E-state index in [1.807, 2.05) is 4.90 Å². The first-order valence-corrected chi connectivity index (χ1v) is 30.9. The maximum atomic E-state index is 14.3.